The number of hydrogen-bond acceptors (Lipinski definition) is 8. The van der Waals surface area contributed by atoms with Crippen LogP contribution < -0.4 is 10.6 Å². The van der Waals surface area contributed by atoms with E-state index in [1.165, 1.54) is 0 Å². The quantitative estimate of drug-likeness (QED) is 0.377. The van der Waals surface area contributed by atoms with E-state index in [0.29, 0.717) is 29.4 Å². The van der Waals surface area contributed by atoms with Gasteiger partial charge in [-0.2, -0.15) is 0 Å². The number of hydrogen-bond donors (Lipinski definition) is 2. The van der Waals surface area contributed by atoms with Gasteiger partial charge < -0.3 is 24.8 Å². The molecule has 0 bridgehead atoms. The zero-order chi connectivity index (χ0) is 25.3. The standard InChI is InChI=1S/C24H29ClN2O7/c1-5-32-22(29)19-14(3)27-15(4)20(23(30)33-6-2)21(19)24(31)34-13-18(28)26-12-11-16-7-9-17(25)10-8-16/h7-10,21,27H,5-6,11-13H2,1-4H3,(H,26,28). The molecule has 0 radical (unpaired) electrons. The number of rotatable bonds is 10. The zero-order valence-electron chi connectivity index (χ0n) is 19.7. The van der Waals surface area contributed by atoms with Gasteiger partial charge in [0.1, 0.15) is 5.92 Å². The number of nitrogens with one attached hydrogen (secondary N) is 2. The van der Waals surface area contributed by atoms with E-state index < -0.39 is 36.3 Å². The Balaban J connectivity index is 2.10. The molecule has 34 heavy (non-hydrogen) atoms. The number of dihydropyridines is 1. The van der Waals surface area contributed by atoms with Gasteiger partial charge in [0.25, 0.3) is 5.91 Å². The van der Waals surface area contributed by atoms with Crippen LogP contribution in [0.25, 0.3) is 0 Å². The van der Waals surface area contributed by atoms with Gasteiger partial charge in [-0.25, -0.2) is 9.59 Å². The maximum atomic E-state index is 13.0. The van der Waals surface area contributed by atoms with Crippen LogP contribution in [-0.2, 0) is 39.8 Å². The topological polar surface area (TPSA) is 120 Å². The molecule has 9 nitrogen and oxygen atoms in total. The van der Waals surface area contributed by atoms with Crippen LogP contribution in [0.3, 0.4) is 0 Å². The number of carbonyl (C=O) groups excluding carboxylic acids is 4. The Bertz CT molecular complexity index is 959. The molecular weight excluding hydrogens is 464 g/mol. The summed E-state index contributed by atoms with van der Waals surface area (Å²) >= 11 is 5.86. The van der Waals surface area contributed by atoms with E-state index in [9.17, 15) is 19.2 Å². The first-order chi connectivity index (χ1) is 16.2. The highest BCUT2D eigenvalue weighted by Crippen LogP contribution is 2.32. The Morgan fingerprint density at radius 3 is 1.94 bits per heavy atom. The minimum absolute atomic E-state index is 0.0661. The maximum Gasteiger partial charge on any atom is 0.337 e. The van der Waals surface area contributed by atoms with Crippen molar-refractivity contribution >= 4 is 35.4 Å². The minimum atomic E-state index is -1.39. The third kappa shape index (κ3) is 7.08. The van der Waals surface area contributed by atoms with Gasteiger partial charge in [-0.15, -0.1) is 0 Å². The average Bonchev–Trinajstić information content (AvgIpc) is 2.78. The van der Waals surface area contributed by atoms with Crippen LogP contribution in [-0.4, -0.2) is 50.2 Å². The second-order valence-electron chi connectivity index (χ2n) is 7.41. The first-order valence-corrected chi connectivity index (χ1v) is 11.3. The number of carbonyl (C=O) groups is 4. The fourth-order valence-electron chi connectivity index (χ4n) is 3.46. The van der Waals surface area contributed by atoms with Gasteiger partial charge >= 0.3 is 17.9 Å². The number of benzene rings is 1. The highest BCUT2D eigenvalue weighted by molar-refractivity contribution is 6.30. The first-order valence-electron chi connectivity index (χ1n) is 10.9. The van der Waals surface area contributed by atoms with Crippen LogP contribution >= 0.6 is 11.6 Å². The van der Waals surface area contributed by atoms with Crippen LogP contribution in [0.5, 0.6) is 0 Å². The molecule has 1 aromatic carbocycles. The molecule has 0 unspecified atom stereocenters. The summed E-state index contributed by atoms with van der Waals surface area (Å²) in [6.07, 6.45) is 0.565. The van der Waals surface area contributed by atoms with Crippen LogP contribution in [0.4, 0.5) is 0 Å². The monoisotopic (exact) mass is 492 g/mol. The summed E-state index contributed by atoms with van der Waals surface area (Å²) in [6, 6.07) is 7.21. The summed E-state index contributed by atoms with van der Waals surface area (Å²) in [5.41, 5.74) is 1.54. The largest absolute Gasteiger partial charge is 0.463 e. The van der Waals surface area contributed by atoms with Gasteiger partial charge in [0, 0.05) is 23.0 Å². The molecular formula is C24H29ClN2O7. The van der Waals surface area contributed by atoms with Gasteiger partial charge in [-0.05, 0) is 51.8 Å². The van der Waals surface area contributed by atoms with E-state index in [1.807, 2.05) is 12.1 Å². The Kier molecular flexibility index (Phi) is 10.1. The SMILES string of the molecule is CCOC(=O)C1=C(C)NC(C)=C(C(=O)OCC)C1C(=O)OCC(=O)NCCc1ccc(Cl)cc1. The third-order valence-corrected chi connectivity index (χ3v) is 5.23. The van der Waals surface area contributed by atoms with Crippen molar-refractivity contribution in [3.8, 4) is 0 Å². The zero-order valence-corrected chi connectivity index (χ0v) is 20.4. The molecule has 0 fully saturated rings. The van der Waals surface area contributed by atoms with E-state index in [2.05, 4.69) is 10.6 Å². The maximum absolute atomic E-state index is 13.0. The van der Waals surface area contributed by atoms with E-state index in [-0.39, 0.29) is 24.4 Å². The first kappa shape index (κ1) is 26.9. The van der Waals surface area contributed by atoms with Crippen molar-refractivity contribution < 1.29 is 33.4 Å². The lowest BCUT2D eigenvalue weighted by Gasteiger charge is -2.28. The molecule has 0 aliphatic carbocycles. The number of amides is 1. The second-order valence-corrected chi connectivity index (χ2v) is 7.85. The van der Waals surface area contributed by atoms with Crippen molar-refractivity contribution in [2.24, 2.45) is 5.92 Å². The van der Waals surface area contributed by atoms with E-state index >= 15 is 0 Å². The summed E-state index contributed by atoms with van der Waals surface area (Å²) in [7, 11) is 0. The molecule has 1 heterocycles. The predicted octanol–water partition coefficient (Wildman–Crippen LogP) is 2.44. The molecule has 2 rings (SSSR count). The second kappa shape index (κ2) is 12.8. The third-order valence-electron chi connectivity index (χ3n) is 4.98. The summed E-state index contributed by atoms with van der Waals surface area (Å²) in [6.45, 7) is 6.32. The van der Waals surface area contributed by atoms with Crippen molar-refractivity contribution in [1.82, 2.24) is 10.6 Å². The molecule has 0 spiro atoms. The molecule has 1 aliphatic heterocycles. The molecule has 0 aromatic heterocycles. The van der Waals surface area contributed by atoms with Gasteiger partial charge in [0.2, 0.25) is 0 Å². The molecule has 0 atom stereocenters. The predicted molar refractivity (Wildman–Crippen MR) is 124 cm³/mol. The van der Waals surface area contributed by atoms with Gasteiger partial charge in [-0.3, -0.25) is 9.59 Å². The highest BCUT2D eigenvalue weighted by Gasteiger charge is 2.42. The summed E-state index contributed by atoms with van der Waals surface area (Å²) in [5.74, 6) is -4.37. The lowest BCUT2D eigenvalue weighted by atomic mass is 9.85. The summed E-state index contributed by atoms with van der Waals surface area (Å²) < 4.78 is 15.3. The molecule has 1 amide bonds. The number of esters is 3. The molecule has 10 heteroatoms. The highest BCUT2D eigenvalue weighted by atomic mass is 35.5. The number of ether oxygens (including phenoxy) is 3. The minimum Gasteiger partial charge on any atom is -0.463 e. The normalized spacial score (nSPS) is 13.8. The van der Waals surface area contributed by atoms with Crippen molar-refractivity contribution in [2.45, 2.75) is 34.1 Å². The molecule has 2 N–H and O–H groups in total. The molecule has 0 saturated carbocycles. The van der Waals surface area contributed by atoms with Gasteiger partial charge in [0.05, 0.1) is 24.4 Å². The lowest BCUT2D eigenvalue weighted by Crippen LogP contribution is -2.39. The number of halogens is 1. The molecule has 1 aromatic rings. The fourth-order valence-corrected chi connectivity index (χ4v) is 3.58. The Hall–Kier alpha value is -3.33. The van der Waals surface area contributed by atoms with E-state index in [1.54, 1.807) is 39.8 Å². The molecule has 184 valence electrons. The smallest absolute Gasteiger partial charge is 0.337 e. The van der Waals surface area contributed by atoms with Gasteiger partial charge in [-0.1, -0.05) is 23.7 Å². The van der Waals surface area contributed by atoms with Crippen molar-refractivity contribution in [1.29, 1.82) is 0 Å². The molecule has 0 saturated heterocycles. The van der Waals surface area contributed by atoms with Crippen molar-refractivity contribution in [3.05, 3.63) is 57.4 Å². The lowest BCUT2D eigenvalue weighted by molar-refractivity contribution is -0.154. The average molecular weight is 493 g/mol. The van der Waals surface area contributed by atoms with Crippen molar-refractivity contribution in [3.63, 3.8) is 0 Å². The Labute approximate surface area is 203 Å². The van der Waals surface area contributed by atoms with Crippen LogP contribution in [0, 0.1) is 5.92 Å². The van der Waals surface area contributed by atoms with Crippen LogP contribution in [0.15, 0.2) is 46.8 Å². The van der Waals surface area contributed by atoms with Crippen molar-refractivity contribution in [2.75, 3.05) is 26.4 Å². The summed E-state index contributed by atoms with van der Waals surface area (Å²) in [5, 5.41) is 6.20. The summed E-state index contributed by atoms with van der Waals surface area (Å²) in [4.78, 5) is 50.4. The van der Waals surface area contributed by atoms with E-state index in [0.717, 1.165) is 5.56 Å². The number of allylic oxidation sites excluding steroid dienone is 2. The van der Waals surface area contributed by atoms with Crippen LogP contribution in [0.1, 0.15) is 33.3 Å². The van der Waals surface area contributed by atoms with E-state index in [4.69, 9.17) is 25.8 Å². The Morgan fingerprint density at radius 1 is 0.912 bits per heavy atom. The van der Waals surface area contributed by atoms with Crippen LogP contribution in [0.2, 0.25) is 5.02 Å². The fraction of sp³-hybridized carbons (Fsp3) is 0.417. The Morgan fingerprint density at radius 2 is 1.44 bits per heavy atom. The molecule has 1 aliphatic rings. The van der Waals surface area contributed by atoms with Gasteiger partial charge in [0.15, 0.2) is 6.61 Å².